The minimum absolute atomic E-state index is 0.142. The number of aromatic amines is 1. The Bertz CT molecular complexity index is 786. The Hall–Kier alpha value is -1.85. The van der Waals surface area contributed by atoms with Gasteiger partial charge in [0, 0.05) is 48.9 Å². The molecule has 1 aromatic heterocycles. The summed E-state index contributed by atoms with van der Waals surface area (Å²) in [5.74, 6) is -0.142. The second-order valence-corrected chi connectivity index (χ2v) is 7.86. The molecule has 0 radical (unpaired) electrons. The Morgan fingerprint density at radius 1 is 1.32 bits per heavy atom. The molecule has 25 heavy (non-hydrogen) atoms. The van der Waals surface area contributed by atoms with E-state index in [0.717, 1.165) is 10.9 Å². The van der Waals surface area contributed by atoms with Crippen LogP contribution in [0.25, 0.3) is 10.9 Å². The summed E-state index contributed by atoms with van der Waals surface area (Å²) in [5, 5.41) is 15.0. The number of H-pyrrole nitrogens is 1. The summed E-state index contributed by atoms with van der Waals surface area (Å²) in [7, 11) is 0. The van der Waals surface area contributed by atoms with Crippen LogP contribution >= 0.6 is 0 Å². The molecule has 1 saturated heterocycles. The number of ether oxygens (including phenoxy) is 1. The van der Waals surface area contributed by atoms with E-state index in [0.29, 0.717) is 38.3 Å². The highest BCUT2D eigenvalue weighted by Crippen LogP contribution is 2.38. The van der Waals surface area contributed by atoms with E-state index >= 15 is 0 Å². The van der Waals surface area contributed by atoms with Crippen molar-refractivity contribution in [2.24, 2.45) is 5.41 Å². The summed E-state index contributed by atoms with van der Waals surface area (Å²) in [6.45, 7) is 9.67. The molecular weight excluding hydrogens is 316 g/mol. The minimum Gasteiger partial charge on any atom is -0.389 e. The quantitative estimate of drug-likeness (QED) is 0.798. The van der Waals surface area contributed by atoms with Gasteiger partial charge in [0.2, 0.25) is 0 Å². The summed E-state index contributed by atoms with van der Waals surface area (Å²) in [6, 6.07) is 5.96. The number of carbonyl (C=O) groups is 1. The van der Waals surface area contributed by atoms with Gasteiger partial charge >= 0.3 is 0 Å². The van der Waals surface area contributed by atoms with Gasteiger partial charge in [-0.1, -0.05) is 19.9 Å². The van der Waals surface area contributed by atoms with Crippen LogP contribution in [0.4, 0.5) is 0 Å². The van der Waals surface area contributed by atoms with Crippen LogP contribution in [-0.2, 0) is 4.74 Å². The molecule has 5 heteroatoms. The molecule has 0 atom stereocenters. The molecule has 1 aliphatic heterocycles. The standard InChI is InChI=1S/C20H28N2O3/c1-13-5-6-16-15(14(13)2)11-17(22-16)18(23)21-12-19(3,4)20(24)7-9-25-10-8-20/h5-6,11,22,24H,7-10,12H2,1-4H3,(H,21,23). The lowest BCUT2D eigenvalue weighted by molar-refractivity contribution is -0.130. The number of aromatic nitrogens is 1. The van der Waals surface area contributed by atoms with Crippen LogP contribution in [0, 0.1) is 19.3 Å². The summed E-state index contributed by atoms with van der Waals surface area (Å²) in [5.41, 5.74) is 2.68. The number of aryl methyl sites for hydroxylation is 2. The minimum atomic E-state index is -0.813. The van der Waals surface area contributed by atoms with Gasteiger partial charge in [-0.3, -0.25) is 4.79 Å². The van der Waals surface area contributed by atoms with E-state index in [-0.39, 0.29) is 5.91 Å². The van der Waals surface area contributed by atoms with Crippen molar-refractivity contribution in [1.82, 2.24) is 10.3 Å². The number of carbonyl (C=O) groups excluding carboxylic acids is 1. The van der Waals surface area contributed by atoms with Gasteiger partial charge in [-0.2, -0.15) is 0 Å². The Morgan fingerprint density at radius 2 is 2.00 bits per heavy atom. The van der Waals surface area contributed by atoms with Crippen LogP contribution in [0.15, 0.2) is 18.2 Å². The number of hydrogen-bond donors (Lipinski definition) is 3. The maximum absolute atomic E-state index is 12.6. The van der Waals surface area contributed by atoms with Gasteiger partial charge in [-0.15, -0.1) is 0 Å². The van der Waals surface area contributed by atoms with Crippen molar-refractivity contribution in [3.05, 3.63) is 35.0 Å². The fourth-order valence-corrected chi connectivity index (χ4v) is 3.53. The average molecular weight is 344 g/mol. The number of nitrogens with one attached hydrogen (secondary N) is 2. The first kappa shape index (κ1) is 18.0. The lowest BCUT2D eigenvalue weighted by Gasteiger charge is -2.45. The van der Waals surface area contributed by atoms with Crippen molar-refractivity contribution in [1.29, 1.82) is 0 Å². The maximum Gasteiger partial charge on any atom is 0.267 e. The normalized spacial score (nSPS) is 17.6. The summed E-state index contributed by atoms with van der Waals surface area (Å²) < 4.78 is 5.36. The molecule has 0 saturated carbocycles. The summed E-state index contributed by atoms with van der Waals surface area (Å²) in [6.07, 6.45) is 1.20. The zero-order valence-corrected chi connectivity index (χ0v) is 15.5. The van der Waals surface area contributed by atoms with E-state index in [1.54, 1.807) is 0 Å². The molecule has 1 fully saturated rings. The van der Waals surface area contributed by atoms with Crippen LogP contribution < -0.4 is 5.32 Å². The molecule has 2 aromatic rings. The first-order valence-electron chi connectivity index (χ1n) is 8.91. The molecule has 0 unspecified atom stereocenters. The molecule has 0 spiro atoms. The summed E-state index contributed by atoms with van der Waals surface area (Å²) in [4.78, 5) is 15.8. The van der Waals surface area contributed by atoms with Gasteiger partial charge in [0.15, 0.2) is 0 Å². The molecule has 3 N–H and O–H groups in total. The first-order chi connectivity index (χ1) is 11.7. The van der Waals surface area contributed by atoms with E-state index in [9.17, 15) is 9.90 Å². The van der Waals surface area contributed by atoms with E-state index < -0.39 is 11.0 Å². The van der Waals surface area contributed by atoms with Crippen LogP contribution in [-0.4, -0.2) is 41.4 Å². The van der Waals surface area contributed by atoms with Gasteiger partial charge in [0.25, 0.3) is 5.91 Å². The van der Waals surface area contributed by atoms with Gasteiger partial charge in [-0.05, 0) is 37.1 Å². The number of amides is 1. The van der Waals surface area contributed by atoms with Crippen molar-refractivity contribution >= 4 is 16.8 Å². The molecule has 0 bridgehead atoms. The van der Waals surface area contributed by atoms with Crippen molar-refractivity contribution < 1.29 is 14.6 Å². The molecule has 2 heterocycles. The molecule has 3 rings (SSSR count). The van der Waals surface area contributed by atoms with Crippen LogP contribution in [0.5, 0.6) is 0 Å². The third-order valence-electron chi connectivity index (χ3n) is 5.86. The highest BCUT2D eigenvalue weighted by Gasteiger charge is 2.44. The second-order valence-electron chi connectivity index (χ2n) is 7.86. The SMILES string of the molecule is Cc1ccc2[nH]c(C(=O)NCC(C)(C)C3(O)CCOCC3)cc2c1C. The maximum atomic E-state index is 12.6. The lowest BCUT2D eigenvalue weighted by Crippen LogP contribution is -2.53. The smallest absolute Gasteiger partial charge is 0.267 e. The monoisotopic (exact) mass is 344 g/mol. The Morgan fingerprint density at radius 3 is 2.68 bits per heavy atom. The molecular formula is C20H28N2O3. The predicted molar refractivity (Wildman–Crippen MR) is 98.9 cm³/mol. The van der Waals surface area contributed by atoms with Gasteiger partial charge in [-0.25, -0.2) is 0 Å². The van der Waals surface area contributed by atoms with Gasteiger partial charge in [0.1, 0.15) is 5.69 Å². The van der Waals surface area contributed by atoms with Gasteiger partial charge in [0.05, 0.1) is 5.60 Å². The molecule has 5 nitrogen and oxygen atoms in total. The van der Waals surface area contributed by atoms with E-state index in [4.69, 9.17) is 4.74 Å². The van der Waals surface area contributed by atoms with Crippen LogP contribution in [0.1, 0.15) is 48.3 Å². The first-order valence-corrected chi connectivity index (χ1v) is 8.91. The van der Waals surface area contributed by atoms with Crippen molar-refractivity contribution in [3.8, 4) is 0 Å². The van der Waals surface area contributed by atoms with Crippen LogP contribution in [0.3, 0.4) is 0 Å². The van der Waals surface area contributed by atoms with Crippen molar-refractivity contribution in [3.63, 3.8) is 0 Å². The molecule has 0 aliphatic carbocycles. The molecule has 1 aromatic carbocycles. The van der Waals surface area contributed by atoms with E-state index in [1.165, 1.54) is 11.1 Å². The number of benzene rings is 1. The second kappa shape index (κ2) is 6.46. The highest BCUT2D eigenvalue weighted by molar-refractivity contribution is 5.99. The number of aliphatic hydroxyl groups is 1. The summed E-state index contributed by atoms with van der Waals surface area (Å²) >= 11 is 0. The third kappa shape index (κ3) is 3.31. The highest BCUT2D eigenvalue weighted by atomic mass is 16.5. The zero-order valence-electron chi connectivity index (χ0n) is 15.5. The number of fused-ring (bicyclic) bond motifs is 1. The van der Waals surface area contributed by atoms with Crippen molar-refractivity contribution in [2.45, 2.75) is 46.1 Å². The number of hydrogen-bond acceptors (Lipinski definition) is 3. The molecule has 136 valence electrons. The fraction of sp³-hybridized carbons (Fsp3) is 0.550. The number of rotatable bonds is 4. The fourth-order valence-electron chi connectivity index (χ4n) is 3.53. The van der Waals surface area contributed by atoms with E-state index in [1.807, 2.05) is 26.0 Å². The molecule has 1 amide bonds. The lowest BCUT2D eigenvalue weighted by atomic mass is 9.70. The van der Waals surface area contributed by atoms with Crippen LogP contribution in [0.2, 0.25) is 0 Å². The Kier molecular flexibility index (Phi) is 4.64. The molecule has 1 aliphatic rings. The van der Waals surface area contributed by atoms with Crippen molar-refractivity contribution in [2.75, 3.05) is 19.8 Å². The van der Waals surface area contributed by atoms with E-state index in [2.05, 4.69) is 30.2 Å². The third-order valence-corrected chi connectivity index (χ3v) is 5.86. The zero-order chi connectivity index (χ0) is 18.2. The Balaban J connectivity index is 1.73. The largest absolute Gasteiger partial charge is 0.389 e. The Labute approximate surface area is 148 Å². The predicted octanol–water partition coefficient (Wildman–Crippen LogP) is 3.08. The van der Waals surface area contributed by atoms with Gasteiger partial charge < -0.3 is 20.1 Å². The topological polar surface area (TPSA) is 74.4 Å². The average Bonchev–Trinajstić information content (AvgIpc) is 3.02.